The average molecular weight is 327 g/mol. The molecule has 0 saturated heterocycles. The van der Waals surface area contributed by atoms with E-state index < -0.39 is 45.4 Å². The first kappa shape index (κ1) is 17.9. The van der Waals surface area contributed by atoms with Crippen molar-refractivity contribution in [3.63, 3.8) is 0 Å². The molecule has 0 spiro atoms. The van der Waals surface area contributed by atoms with E-state index in [4.69, 9.17) is 0 Å². The Kier molecular flexibility index (Phi) is 5.37. The van der Waals surface area contributed by atoms with Gasteiger partial charge in [0.2, 0.25) is 10.0 Å². The Balaban J connectivity index is 3.33. The third kappa shape index (κ3) is 3.94. The minimum Gasteiger partial charge on any atom is -0.394 e. The lowest BCUT2D eigenvalue weighted by Gasteiger charge is -2.29. The van der Waals surface area contributed by atoms with Crippen LogP contribution in [0.25, 0.3) is 0 Å². The molecule has 120 valence electrons. The van der Waals surface area contributed by atoms with Gasteiger partial charge in [-0.1, -0.05) is 19.1 Å². The van der Waals surface area contributed by atoms with Gasteiger partial charge in [-0.05, 0) is 18.6 Å². The molecule has 0 bridgehead atoms. The summed E-state index contributed by atoms with van der Waals surface area (Å²) in [5, 5.41) is 18.4. The summed E-state index contributed by atoms with van der Waals surface area (Å²) in [5.41, 5.74) is -2.92. The zero-order valence-electron chi connectivity index (χ0n) is 11.2. The molecule has 9 heteroatoms. The number of alkyl halides is 3. The molecule has 0 atom stereocenters. The molecular weight excluding hydrogens is 311 g/mol. The van der Waals surface area contributed by atoms with Crippen LogP contribution in [0.2, 0.25) is 0 Å². The van der Waals surface area contributed by atoms with Crippen molar-refractivity contribution in [2.75, 3.05) is 13.2 Å². The minimum atomic E-state index is -4.83. The summed E-state index contributed by atoms with van der Waals surface area (Å²) in [6.07, 6.45) is -4.83. The monoisotopic (exact) mass is 327 g/mol. The fourth-order valence-electron chi connectivity index (χ4n) is 1.69. The Hall–Kier alpha value is -1.16. The van der Waals surface area contributed by atoms with Gasteiger partial charge >= 0.3 is 6.18 Å². The number of sulfonamides is 1. The number of nitrogens with one attached hydrogen (secondary N) is 1. The van der Waals surface area contributed by atoms with E-state index in [0.29, 0.717) is 6.07 Å². The van der Waals surface area contributed by atoms with Crippen molar-refractivity contribution in [1.82, 2.24) is 4.72 Å². The summed E-state index contributed by atoms with van der Waals surface area (Å²) in [6, 6.07) is 3.71. The van der Waals surface area contributed by atoms with Crippen LogP contribution in [-0.4, -0.2) is 37.4 Å². The summed E-state index contributed by atoms with van der Waals surface area (Å²) >= 11 is 0. The Labute approximate surface area is 120 Å². The zero-order valence-corrected chi connectivity index (χ0v) is 12.0. The van der Waals surface area contributed by atoms with E-state index in [1.807, 2.05) is 4.72 Å². The molecule has 0 amide bonds. The van der Waals surface area contributed by atoms with Crippen molar-refractivity contribution in [2.45, 2.75) is 30.0 Å². The first-order valence-corrected chi connectivity index (χ1v) is 7.52. The molecule has 0 aliphatic heterocycles. The van der Waals surface area contributed by atoms with Gasteiger partial charge in [0.25, 0.3) is 0 Å². The molecule has 3 N–H and O–H groups in total. The molecule has 21 heavy (non-hydrogen) atoms. The second-order valence-electron chi connectivity index (χ2n) is 4.55. The SMILES string of the molecule is CCC(CO)(CO)NS(=O)(=O)c1ccccc1C(F)(F)F. The number of aliphatic hydroxyl groups is 2. The number of hydrogen-bond acceptors (Lipinski definition) is 4. The van der Waals surface area contributed by atoms with Crippen LogP contribution in [0.1, 0.15) is 18.9 Å². The summed E-state index contributed by atoms with van der Waals surface area (Å²) < 4.78 is 64.9. The quantitative estimate of drug-likeness (QED) is 0.731. The Bertz CT molecular complexity index is 574. The van der Waals surface area contributed by atoms with Crippen molar-refractivity contribution in [2.24, 2.45) is 0 Å². The molecule has 0 aliphatic carbocycles. The summed E-state index contributed by atoms with van der Waals surface area (Å²) in [5.74, 6) is 0. The molecule has 0 aromatic heterocycles. The van der Waals surface area contributed by atoms with Gasteiger partial charge in [0.15, 0.2) is 0 Å². The van der Waals surface area contributed by atoms with Crippen molar-refractivity contribution in [3.8, 4) is 0 Å². The standard InChI is InChI=1S/C12H16F3NO4S/c1-2-11(7-17,8-18)16-21(19,20)10-6-4-3-5-9(10)12(13,14)15/h3-6,16-18H,2,7-8H2,1H3. The molecule has 5 nitrogen and oxygen atoms in total. The fraction of sp³-hybridized carbons (Fsp3) is 0.500. The Morgan fingerprint density at radius 2 is 1.67 bits per heavy atom. The van der Waals surface area contributed by atoms with E-state index in [2.05, 4.69) is 0 Å². The lowest BCUT2D eigenvalue weighted by atomic mass is 10.0. The van der Waals surface area contributed by atoms with Crippen LogP contribution < -0.4 is 4.72 Å². The van der Waals surface area contributed by atoms with Gasteiger partial charge in [0, 0.05) is 0 Å². The van der Waals surface area contributed by atoms with Gasteiger partial charge < -0.3 is 10.2 Å². The highest BCUT2D eigenvalue weighted by molar-refractivity contribution is 7.89. The van der Waals surface area contributed by atoms with Gasteiger partial charge in [-0.3, -0.25) is 0 Å². The molecule has 0 heterocycles. The third-order valence-electron chi connectivity index (χ3n) is 3.11. The van der Waals surface area contributed by atoms with Gasteiger partial charge in [-0.25, -0.2) is 13.1 Å². The predicted octanol–water partition coefficient (Wildman–Crippen LogP) is 1.12. The van der Waals surface area contributed by atoms with Crippen LogP contribution in [0.4, 0.5) is 13.2 Å². The molecule has 0 unspecified atom stereocenters. The molecule has 0 fully saturated rings. The molecule has 1 rings (SSSR count). The van der Waals surface area contributed by atoms with E-state index in [-0.39, 0.29) is 6.42 Å². The van der Waals surface area contributed by atoms with Gasteiger partial charge in [0.05, 0.1) is 29.2 Å². The zero-order chi connectivity index (χ0) is 16.3. The second-order valence-corrected chi connectivity index (χ2v) is 6.20. The van der Waals surface area contributed by atoms with Gasteiger partial charge in [-0.15, -0.1) is 0 Å². The lowest BCUT2D eigenvalue weighted by molar-refractivity contribution is -0.139. The number of hydrogen-bond donors (Lipinski definition) is 3. The van der Waals surface area contributed by atoms with Crippen molar-refractivity contribution < 1.29 is 31.8 Å². The number of halogens is 3. The molecule has 0 aliphatic rings. The topological polar surface area (TPSA) is 86.6 Å². The Morgan fingerprint density at radius 3 is 2.10 bits per heavy atom. The van der Waals surface area contributed by atoms with Crippen LogP contribution in [0.15, 0.2) is 29.2 Å². The highest BCUT2D eigenvalue weighted by Crippen LogP contribution is 2.34. The molecule has 0 radical (unpaired) electrons. The second kappa shape index (κ2) is 6.30. The van der Waals surface area contributed by atoms with Gasteiger partial charge in [-0.2, -0.15) is 13.2 Å². The molecular formula is C12H16F3NO4S. The maximum Gasteiger partial charge on any atom is 0.417 e. The first-order valence-electron chi connectivity index (χ1n) is 6.04. The highest BCUT2D eigenvalue weighted by Gasteiger charge is 2.39. The number of aliphatic hydroxyl groups excluding tert-OH is 2. The molecule has 0 saturated carbocycles. The molecule has 1 aromatic carbocycles. The maximum absolute atomic E-state index is 12.9. The normalized spacial score (nSPS) is 13.4. The first-order chi connectivity index (χ1) is 9.62. The van der Waals surface area contributed by atoms with E-state index in [9.17, 15) is 31.8 Å². The van der Waals surface area contributed by atoms with E-state index in [1.165, 1.54) is 6.92 Å². The summed E-state index contributed by atoms with van der Waals surface area (Å²) in [6.45, 7) is 0.00541. The van der Waals surface area contributed by atoms with E-state index in [0.717, 1.165) is 18.2 Å². The van der Waals surface area contributed by atoms with Crippen molar-refractivity contribution >= 4 is 10.0 Å². The average Bonchev–Trinajstić information content (AvgIpc) is 2.44. The Morgan fingerprint density at radius 1 is 1.14 bits per heavy atom. The van der Waals surface area contributed by atoms with Crippen LogP contribution in [0.3, 0.4) is 0 Å². The van der Waals surface area contributed by atoms with E-state index >= 15 is 0 Å². The molecule has 1 aromatic rings. The van der Waals surface area contributed by atoms with Crippen LogP contribution in [0, 0.1) is 0 Å². The highest BCUT2D eigenvalue weighted by atomic mass is 32.2. The minimum absolute atomic E-state index is 0.00736. The van der Waals surface area contributed by atoms with Crippen molar-refractivity contribution in [3.05, 3.63) is 29.8 Å². The summed E-state index contributed by atoms with van der Waals surface area (Å²) in [4.78, 5) is -0.947. The lowest BCUT2D eigenvalue weighted by Crippen LogP contribution is -2.53. The third-order valence-corrected chi connectivity index (χ3v) is 4.75. The van der Waals surface area contributed by atoms with Crippen molar-refractivity contribution in [1.29, 1.82) is 0 Å². The van der Waals surface area contributed by atoms with Crippen LogP contribution in [0.5, 0.6) is 0 Å². The van der Waals surface area contributed by atoms with Crippen LogP contribution in [-0.2, 0) is 16.2 Å². The van der Waals surface area contributed by atoms with Crippen LogP contribution >= 0.6 is 0 Å². The smallest absolute Gasteiger partial charge is 0.394 e. The maximum atomic E-state index is 12.9. The largest absolute Gasteiger partial charge is 0.417 e. The predicted molar refractivity (Wildman–Crippen MR) is 69.0 cm³/mol. The number of rotatable bonds is 6. The number of benzene rings is 1. The van der Waals surface area contributed by atoms with E-state index in [1.54, 1.807) is 0 Å². The fourth-order valence-corrected chi connectivity index (χ4v) is 3.37. The summed E-state index contributed by atoms with van der Waals surface area (Å²) in [7, 11) is -4.56. The van der Waals surface area contributed by atoms with Gasteiger partial charge in [0.1, 0.15) is 0 Å².